The van der Waals surface area contributed by atoms with Crippen molar-refractivity contribution in [1.29, 1.82) is 0 Å². The van der Waals surface area contributed by atoms with Crippen LogP contribution in [0.1, 0.15) is 24.8 Å². The highest BCUT2D eigenvalue weighted by Crippen LogP contribution is 2.27. The van der Waals surface area contributed by atoms with E-state index in [-0.39, 0.29) is 36.8 Å². The van der Waals surface area contributed by atoms with E-state index in [1.54, 1.807) is 6.33 Å². The average molecular weight is 476 g/mol. The summed E-state index contributed by atoms with van der Waals surface area (Å²) in [7, 11) is 0. The van der Waals surface area contributed by atoms with E-state index in [4.69, 9.17) is 5.73 Å². The van der Waals surface area contributed by atoms with Gasteiger partial charge in [-0.1, -0.05) is 42.5 Å². The summed E-state index contributed by atoms with van der Waals surface area (Å²) in [6, 6.07) is 18.1. The zero-order chi connectivity index (χ0) is 20.8. The lowest BCUT2D eigenvalue weighted by molar-refractivity contribution is -0.121. The Hall–Kier alpha value is -2.41. The van der Waals surface area contributed by atoms with Crippen LogP contribution in [0, 0.1) is 5.92 Å². The SMILES string of the molecule is Cl.Cl.NC(CC(=O)NCC1CCN(c2ncnc3ccccc23)CC1)Cc1ccccc1. The highest BCUT2D eigenvalue weighted by atomic mass is 35.5. The van der Waals surface area contributed by atoms with Gasteiger partial charge in [0.25, 0.3) is 0 Å². The maximum atomic E-state index is 12.3. The van der Waals surface area contributed by atoms with Crippen molar-refractivity contribution in [3.63, 3.8) is 0 Å². The molecule has 1 aliphatic rings. The van der Waals surface area contributed by atoms with Gasteiger partial charge < -0.3 is 16.0 Å². The van der Waals surface area contributed by atoms with Crippen molar-refractivity contribution < 1.29 is 4.79 Å². The van der Waals surface area contributed by atoms with Crippen LogP contribution >= 0.6 is 24.8 Å². The first-order valence-corrected chi connectivity index (χ1v) is 10.7. The molecule has 1 aromatic heterocycles. The Morgan fingerprint density at radius 3 is 2.47 bits per heavy atom. The number of carbonyl (C=O) groups is 1. The molecule has 1 saturated heterocycles. The van der Waals surface area contributed by atoms with E-state index in [0.717, 1.165) is 55.6 Å². The number of benzene rings is 2. The molecule has 1 aliphatic heterocycles. The molecule has 2 aromatic carbocycles. The van der Waals surface area contributed by atoms with Crippen LogP contribution < -0.4 is 16.0 Å². The molecule has 172 valence electrons. The summed E-state index contributed by atoms with van der Waals surface area (Å²) in [5.74, 6) is 1.54. The van der Waals surface area contributed by atoms with E-state index >= 15 is 0 Å². The first kappa shape index (κ1) is 25.8. The molecule has 1 amide bonds. The molecule has 1 atom stereocenters. The number of aromatic nitrogens is 2. The van der Waals surface area contributed by atoms with E-state index < -0.39 is 0 Å². The van der Waals surface area contributed by atoms with Crippen LogP contribution in [-0.2, 0) is 11.2 Å². The molecular weight excluding hydrogens is 445 g/mol. The zero-order valence-corrected chi connectivity index (χ0v) is 19.7. The van der Waals surface area contributed by atoms with E-state index in [2.05, 4.69) is 26.3 Å². The number of anilines is 1. The third-order valence-electron chi connectivity index (χ3n) is 5.81. The standard InChI is InChI=1S/C24H29N5O.2ClH/c25-20(14-18-6-2-1-3-7-18)15-23(30)26-16-19-10-12-29(13-11-19)24-21-8-4-5-9-22(21)27-17-28-24;;/h1-9,17,19-20H,10-16,25H2,(H,26,30);2*1H. The zero-order valence-electron chi connectivity index (χ0n) is 18.0. The van der Waals surface area contributed by atoms with Gasteiger partial charge in [0.1, 0.15) is 12.1 Å². The van der Waals surface area contributed by atoms with Gasteiger partial charge in [-0.15, -0.1) is 24.8 Å². The van der Waals surface area contributed by atoms with Gasteiger partial charge in [0, 0.05) is 37.5 Å². The maximum absolute atomic E-state index is 12.3. The Bertz CT molecular complexity index is 975. The number of carbonyl (C=O) groups excluding carboxylic acids is 1. The number of halogens is 2. The molecule has 0 bridgehead atoms. The molecule has 3 aromatic rings. The summed E-state index contributed by atoms with van der Waals surface area (Å²) in [5, 5.41) is 4.19. The van der Waals surface area contributed by atoms with Crippen LogP contribution in [0.4, 0.5) is 5.82 Å². The smallest absolute Gasteiger partial charge is 0.221 e. The third-order valence-corrected chi connectivity index (χ3v) is 5.81. The Morgan fingerprint density at radius 1 is 1.03 bits per heavy atom. The second kappa shape index (κ2) is 12.6. The van der Waals surface area contributed by atoms with Crippen LogP contribution in [0.25, 0.3) is 10.9 Å². The first-order valence-electron chi connectivity index (χ1n) is 10.7. The number of rotatable bonds is 7. The van der Waals surface area contributed by atoms with Gasteiger partial charge in [-0.3, -0.25) is 4.79 Å². The lowest BCUT2D eigenvalue weighted by Crippen LogP contribution is -2.40. The number of piperidine rings is 1. The molecule has 0 spiro atoms. The maximum Gasteiger partial charge on any atom is 0.221 e. The Kier molecular flexibility index (Phi) is 10.2. The average Bonchev–Trinajstić information content (AvgIpc) is 2.78. The van der Waals surface area contributed by atoms with Gasteiger partial charge in [0.15, 0.2) is 0 Å². The molecule has 32 heavy (non-hydrogen) atoms. The van der Waals surface area contributed by atoms with Crippen molar-refractivity contribution in [3.05, 3.63) is 66.5 Å². The minimum absolute atomic E-state index is 0. The number of nitrogens with one attached hydrogen (secondary N) is 1. The van der Waals surface area contributed by atoms with Crippen molar-refractivity contribution in [2.45, 2.75) is 31.7 Å². The lowest BCUT2D eigenvalue weighted by Gasteiger charge is -2.33. The number of hydrogen-bond acceptors (Lipinski definition) is 5. The van der Waals surface area contributed by atoms with Crippen molar-refractivity contribution in [2.75, 3.05) is 24.5 Å². The van der Waals surface area contributed by atoms with E-state index in [1.807, 2.05) is 48.5 Å². The number of fused-ring (bicyclic) bond motifs is 1. The number of para-hydroxylation sites is 1. The molecule has 3 N–H and O–H groups in total. The molecule has 8 heteroatoms. The van der Waals surface area contributed by atoms with Crippen LogP contribution in [0.2, 0.25) is 0 Å². The molecule has 1 fully saturated rings. The summed E-state index contributed by atoms with van der Waals surface area (Å²) in [5.41, 5.74) is 8.31. The molecule has 0 saturated carbocycles. The fourth-order valence-electron chi connectivity index (χ4n) is 4.15. The van der Waals surface area contributed by atoms with E-state index in [9.17, 15) is 4.79 Å². The third kappa shape index (κ3) is 6.79. The fourth-order valence-corrected chi connectivity index (χ4v) is 4.15. The number of amides is 1. The summed E-state index contributed by atoms with van der Waals surface area (Å²) < 4.78 is 0. The van der Waals surface area contributed by atoms with Crippen molar-refractivity contribution in [2.24, 2.45) is 11.7 Å². The van der Waals surface area contributed by atoms with Gasteiger partial charge in [0.2, 0.25) is 5.91 Å². The summed E-state index contributed by atoms with van der Waals surface area (Å²) in [4.78, 5) is 23.5. The second-order valence-electron chi connectivity index (χ2n) is 8.10. The lowest BCUT2D eigenvalue weighted by atomic mass is 9.96. The Labute approximate surface area is 201 Å². The topological polar surface area (TPSA) is 84.1 Å². The first-order chi connectivity index (χ1) is 14.7. The van der Waals surface area contributed by atoms with Gasteiger partial charge >= 0.3 is 0 Å². The largest absolute Gasteiger partial charge is 0.356 e. The Morgan fingerprint density at radius 2 is 1.72 bits per heavy atom. The van der Waals surface area contributed by atoms with Crippen LogP contribution in [-0.4, -0.2) is 41.6 Å². The van der Waals surface area contributed by atoms with Crippen molar-refractivity contribution in [1.82, 2.24) is 15.3 Å². The summed E-state index contributed by atoms with van der Waals surface area (Å²) >= 11 is 0. The van der Waals surface area contributed by atoms with Crippen LogP contribution in [0.15, 0.2) is 60.9 Å². The highest BCUT2D eigenvalue weighted by Gasteiger charge is 2.22. The van der Waals surface area contributed by atoms with E-state index in [1.165, 1.54) is 5.56 Å². The fraction of sp³-hybridized carbons (Fsp3) is 0.375. The monoisotopic (exact) mass is 475 g/mol. The molecule has 1 unspecified atom stereocenters. The second-order valence-corrected chi connectivity index (χ2v) is 8.10. The van der Waals surface area contributed by atoms with Crippen molar-refractivity contribution >= 4 is 47.4 Å². The number of nitrogens with two attached hydrogens (primary N) is 1. The van der Waals surface area contributed by atoms with E-state index in [0.29, 0.717) is 12.3 Å². The van der Waals surface area contributed by atoms with Gasteiger partial charge in [-0.2, -0.15) is 0 Å². The molecule has 6 nitrogen and oxygen atoms in total. The number of nitrogens with zero attached hydrogens (tertiary/aromatic N) is 3. The summed E-state index contributed by atoms with van der Waals surface area (Å²) in [6.45, 7) is 2.60. The molecule has 4 rings (SSSR count). The molecular formula is C24H31Cl2N5O. The summed E-state index contributed by atoms with van der Waals surface area (Å²) in [6.07, 6.45) is 4.80. The minimum atomic E-state index is -0.153. The van der Waals surface area contributed by atoms with Gasteiger partial charge in [0.05, 0.1) is 5.52 Å². The Balaban J connectivity index is 0.00000181. The number of hydrogen-bond donors (Lipinski definition) is 2. The van der Waals surface area contributed by atoms with Crippen molar-refractivity contribution in [3.8, 4) is 0 Å². The normalized spacial score (nSPS) is 14.8. The predicted octanol–water partition coefficient (Wildman–Crippen LogP) is 3.77. The van der Waals surface area contributed by atoms with Gasteiger partial charge in [-0.25, -0.2) is 9.97 Å². The minimum Gasteiger partial charge on any atom is -0.356 e. The molecule has 0 radical (unpaired) electrons. The predicted molar refractivity (Wildman–Crippen MR) is 135 cm³/mol. The van der Waals surface area contributed by atoms with Crippen LogP contribution in [0.3, 0.4) is 0 Å². The van der Waals surface area contributed by atoms with Gasteiger partial charge in [-0.05, 0) is 42.9 Å². The molecule has 2 heterocycles. The van der Waals surface area contributed by atoms with Crippen LogP contribution in [0.5, 0.6) is 0 Å². The molecule has 0 aliphatic carbocycles. The highest BCUT2D eigenvalue weighted by molar-refractivity contribution is 5.89. The quantitative estimate of drug-likeness (QED) is 0.543.